The van der Waals surface area contributed by atoms with E-state index >= 15 is 0 Å². The Bertz CT molecular complexity index is 671. The van der Waals surface area contributed by atoms with Gasteiger partial charge in [-0.2, -0.15) is 29.9 Å². The van der Waals surface area contributed by atoms with Gasteiger partial charge in [-0.1, -0.05) is 0 Å². The summed E-state index contributed by atoms with van der Waals surface area (Å²) in [5.41, 5.74) is 0. The molecular formula is C16H29ClN10. The second-order valence-electron chi connectivity index (χ2n) is 5.67. The summed E-state index contributed by atoms with van der Waals surface area (Å²) in [6.07, 6.45) is 0. The summed E-state index contributed by atoms with van der Waals surface area (Å²) < 4.78 is 0. The molecule has 0 aliphatic heterocycles. The molecule has 0 spiro atoms. The van der Waals surface area contributed by atoms with E-state index in [9.17, 15) is 0 Å². The van der Waals surface area contributed by atoms with Crippen LogP contribution >= 0.6 is 11.6 Å². The first-order valence-corrected chi connectivity index (χ1v) is 9.38. The number of nitrogens with zero attached hydrogens (tertiary/aromatic N) is 6. The minimum Gasteiger partial charge on any atom is -0.354 e. The van der Waals surface area contributed by atoms with E-state index in [1.54, 1.807) is 0 Å². The summed E-state index contributed by atoms with van der Waals surface area (Å²) in [7, 11) is 0. The number of anilines is 4. The number of halogens is 1. The van der Waals surface area contributed by atoms with E-state index in [2.05, 4.69) is 51.2 Å². The van der Waals surface area contributed by atoms with Crippen molar-refractivity contribution >= 4 is 35.4 Å². The maximum absolute atomic E-state index is 5.73. The van der Waals surface area contributed by atoms with Crippen molar-refractivity contribution in [2.24, 2.45) is 0 Å². The zero-order valence-corrected chi connectivity index (χ0v) is 17.5. The Morgan fingerprint density at radius 2 is 1.11 bits per heavy atom. The fourth-order valence-electron chi connectivity index (χ4n) is 1.87. The molecule has 10 nitrogen and oxygen atoms in total. The van der Waals surface area contributed by atoms with Crippen LogP contribution in [0.1, 0.15) is 40.4 Å². The predicted molar refractivity (Wildman–Crippen MR) is 111 cm³/mol. The molecule has 150 valence electrons. The first-order valence-electron chi connectivity index (χ1n) is 9.00. The summed E-state index contributed by atoms with van der Waals surface area (Å²) in [6.45, 7) is 14.2. The molecule has 4 N–H and O–H groups in total. The van der Waals surface area contributed by atoms with Gasteiger partial charge in [-0.3, -0.25) is 0 Å². The van der Waals surface area contributed by atoms with Gasteiger partial charge in [0.25, 0.3) is 0 Å². The third-order valence-electron chi connectivity index (χ3n) is 2.78. The van der Waals surface area contributed by atoms with Gasteiger partial charge in [0.1, 0.15) is 5.82 Å². The molecule has 0 aliphatic carbocycles. The molecule has 0 saturated carbocycles. The zero-order chi connectivity index (χ0) is 20.2. The van der Waals surface area contributed by atoms with Crippen LogP contribution in [0.15, 0.2) is 0 Å². The van der Waals surface area contributed by atoms with Crippen molar-refractivity contribution in [3.05, 3.63) is 11.1 Å². The van der Waals surface area contributed by atoms with Gasteiger partial charge in [0.2, 0.25) is 29.1 Å². The van der Waals surface area contributed by atoms with Gasteiger partial charge in [0.15, 0.2) is 0 Å². The van der Waals surface area contributed by atoms with E-state index in [-0.39, 0.29) is 11.3 Å². The van der Waals surface area contributed by atoms with Crippen molar-refractivity contribution in [1.29, 1.82) is 0 Å². The molecule has 0 aliphatic rings. The fourth-order valence-corrected chi connectivity index (χ4v) is 2.03. The molecule has 0 saturated heterocycles. The molecule has 0 aromatic carbocycles. The van der Waals surface area contributed by atoms with E-state index in [1.165, 1.54) is 0 Å². The van der Waals surface area contributed by atoms with Gasteiger partial charge in [0.05, 0.1) is 0 Å². The average Bonchev–Trinajstić information content (AvgIpc) is 2.54. The Morgan fingerprint density at radius 3 is 1.56 bits per heavy atom. The summed E-state index contributed by atoms with van der Waals surface area (Å²) in [4.78, 5) is 24.4. The lowest BCUT2D eigenvalue weighted by Gasteiger charge is -2.09. The quantitative estimate of drug-likeness (QED) is 0.529. The molecule has 11 heteroatoms. The molecule has 2 aromatic heterocycles. The number of aromatic nitrogens is 6. The number of hydrogen-bond donors (Lipinski definition) is 4. The van der Waals surface area contributed by atoms with Crippen molar-refractivity contribution in [2.45, 2.75) is 47.6 Å². The van der Waals surface area contributed by atoms with Gasteiger partial charge < -0.3 is 21.3 Å². The number of aryl methyl sites for hydroxylation is 1. The Kier molecular flexibility index (Phi) is 10.0. The van der Waals surface area contributed by atoms with Gasteiger partial charge in [-0.25, -0.2) is 0 Å². The highest BCUT2D eigenvalue weighted by molar-refractivity contribution is 6.28. The van der Waals surface area contributed by atoms with Gasteiger partial charge in [-0.15, -0.1) is 0 Å². The third-order valence-corrected chi connectivity index (χ3v) is 2.95. The molecule has 0 atom stereocenters. The van der Waals surface area contributed by atoms with Crippen LogP contribution in [0.25, 0.3) is 0 Å². The van der Waals surface area contributed by atoms with Crippen LogP contribution in [0.4, 0.5) is 23.8 Å². The highest BCUT2D eigenvalue weighted by atomic mass is 35.5. The van der Waals surface area contributed by atoms with E-state index in [0.717, 1.165) is 25.5 Å². The smallest absolute Gasteiger partial charge is 0.228 e. The molecule has 0 fully saturated rings. The highest BCUT2D eigenvalue weighted by Gasteiger charge is 2.04. The molecule has 0 bridgehead atoms. The van der Waals surface area contributed by atoms with E-state index < -0.39 is 0 Å². The maximum atomic E-state index is 5.73. The molecule has 2 aromatic rings. The Morgan fingerprint density at radius 1 is 0.704 bits per heavy atom. The number of hydrogen-bond acceptors (Lipinski definition) is 10. The first kappa shape index (κ1) is 22.6. The van der Waals surface area contributed by atoms with Gasteiger partial charge in [0, 0.05) is 25.7 Å². The predicted octanol–water partition coefficient (Wildman–Crippen LogP) is 2.82. The SMILES string of the molecule is CCNc1nc(C)nc(NCC)n1.CCNc1nc(Cl)nc(NC(C)C)n1. The standard InChI is InChI=1S/C8H14ClN5.C8H15N5/c1-4-10-7-12-6(9)13-8(14-7)11-5(2)3;1-4-9-7-11-6(3)12-8(13-7)10-5-2/h5H,4H2,1-3H3,(H2,10,11,12,13,14);4-5H2,1-3H3,(H2,9,10,11,12,13). The average molecular weight is 397 g/mol. The maximum Gasteiger partial charge on any atom is 0.228 e. The lowest BCUT2D eigenvalue weighted by molar-refractivity contribution is 0.866. The van der Waals surface area contributed by atoms with Crippen molar-refractivity contribution < 1.29 is 0 Å². The van der Waals surface area contributed by atoms with Gasteiger partial charge in [-0.05, 0) is 53.1 Å². The fraction of sp³-hybridized carbons (Fsp3) is 0.625. The second kappa shape index (κ2) is 12.0. The minimum atomic E-state index is 0.194. The van der Waals surface area contributed by atoms with Crippen LogP contribution in [-0.2, 0) is 0 Å². The molecule has 0 amide bonds. The summed E-state index contributed by atoms with van der Waals surface area (Å²) in [5, 5.41) is 12.3. The van der Waals surface area contributed by atoms with Crippen LogP contribution in [0.2, 0.25) is 5.28 Å². The van der Waals surface area contributed by atoms with Crippen LogP contribution in [0, 0.1) is 6.92 Å². The monoisotopic (exact) mass is 396 g/mol. The molecular weight excluding hydrogens is 368 g/mol. The van der Waals surface area contributed by atoms with Crippen molar-refractivity contribution in [3.8, 4) is 0 Å². The van der Waals surface area contributed by atoms with Crippen LogP contribution in [0.5, 0.6) is 0 Å². The Labute approximate surface area is 165 Å². The number of nitrogens with one attached hydrogen (secondary N) is 4. The lowest BCUT2D eigenvalue weighted by atomic mass is 10.4. The minimum absolute atomic E-state index is 0.194. The normalized spacial score (nSPS) is 10.1. The van der Waals surface area contributed by atoms with E-state index in [4.69, 9.17) is 11.6 Å². The molecule has 0 unspecified atom stereocenters. The molecule has 2 rings (SSSR count). The Hall–Kier alpha value is -2.49. The summed E-state index contributed by atoms with van der Waals surface area (Å²) >= 11 is 5.73. The number of rotatable bonds is 8. The first-order chi connectivity index (χ1) is 12.9. The van der Waals surface area contributed by atoms with Crippen molar-refractivity contribution in [1.82, 2.24) is 29.9 Å². The summed E-state index contributed by atoms with van der Waals surface area (Å²) in [5.74, 6) is 2.98. The summed E-state index contributed by atoms with van der Waals surface area (Å²) in [6, 6.07) is 0.267. The van der Waals surface area contributed by atoms with Crippen LogP contribution in [-0.4, -0.2) is 55.6 Å². The Balaban J connectivity index is 0.000000271. The van der Waals surface area contributed by atoms with E-state index in [0.29, 0.717) is 23.8 Å². The topological polar surface area (TPSA) is 125 Å². The van der Waals surface area contributed by atoms with Gasteiger partial charge >= 0.3 is 0 Å². The largest absolute Gasteiger partial charge is 0.354 e. The van der Waals surface area contributed by atoms with Crippen molar-refractivity contribution in [3.63, 3.8) is 0 Å². The molecule has 0 radical (unpaired) electrons. The second-order valence-corrected chi connectivity index (χ2v) is 6.01. The van der Waals surface area contributed by atoms with Crippen LogP contribution in [0.3, 0.4) is 0 Å². The molecule has 2 heterocycles. The van der Waals surface area contributed by atoms with Crippen molar-refractivity contribution in [2.75, 3.05) is 40.9 Å². The van der Waals surface area contributed by atoms with Crippen LogP contribution < -0.4 is 21.3 Å². The highest BCUT2D eigenvalue weighted by Crippen LogP contribution is 2.09. The zero-order valence-electron chi connectivity index (χ0n) is 16.8. The third kappa shape index (κ3) is 9.13. The lowest BCUT2D eigenvalue weighted by Crippen LogP contribution is -2.14. The molecule has 27 heavy (non-hydrogen) atoms. The van der Waals surface area contributed by atoms with E-state index in [1.807, 2.05) is 41.5 Å².